The molecule has 0 atom stereocenters. The number of sulfonamides is 1. The van der Waals surface area contributed by atoms with E-state index in [2.05, 4.69) is 30.3 Å². The molecule has 0 spiro atoms. The quantitative estimate of drug-likeness (QED) is 0.357. The van der Waals surface area contributed by atoms with Gasteiger partial charge in [0.2, 0.25) is 16.0 Å². The van der Waals surface area contributed by atoms with Crippen LogP contribution in [0.15, 0.2) is 51.8 Å². The van der Waals surface area contributed by atoms with Crippen molar-refractivity contribution < 1.29 is 12.8 Å². The molecule has 0 saturated heterocycles. The highest BCUT2D eigenvalue weighted by Crippen LogP contribution is 2.25. The Morgan fingerprint density at radius 2 is 1.74 bits per heavy atom. The van der Waals surface area contributed by atoms with E-state index in [1.54, 1.807) is 36.5 Å². The van der Waals surface area contributed by atoms with Crippen LogP contribution in [0.1, 0.15) is 11.1 Å². The van der Waals surface area contributed by atoms with Gasteiger partial charge >= 0.3 is 5.76 Å². The summed E-state index contributed by atoms with van der Waals surface area (Å²) in [4.78, 5) is 22.8. The number of hydrogen-bond donors (Lipinski definition) is 4. The van der Waals surface area contributed by atoms with E-state index in [0.717, 1.165) is 17.4 Å². The summed E-state index contributed by atoms with van der Waals surface area (Å²) in [6, 6.07) is 10.5. The normalized spacial score (nSPS) is 11.5. The summed E-state index contributed by atoms with van der Waals surface area (Å²) in [5, 5.41) is 6.29. The smallest absolute Gasteiger partial charge is 0.408 e. The SMILES string of the molecule is Cc1ccc(Nc2ncc(C)c(Nc3ccc4oc(=O)[nH]c4c3)n2)cc1NS(C)(=O)=O. The second kappa shape index (κ2) is 7.76. The molecular formula is C20H20N6O4S. The van der Waals surface area contributed by atoms with E-state index in [1.165, 1.54) is 0 Å². The lowest BCUT2D eigenvalue weighted by Gasteiger charge is -2.13. The molecule has 0 aliphatic carbocycles. The number of H-pyrrole nitrogens is 1. The van der Waals surface area contributed by atoms with Gasteiger partial charge in [-0.15, -0.1) is 0 Å². The third kappa shape index (κ3) is 4.83. The van der Waals surface area contributed by atoms with Crippen molar-refractivity contribution in [3.63, 3.8) is 0 Å². The van der Waals surface area contributed by atoms with Gasteiger partial charge in [0.25, 0.3) is 0 Å². The number of aromatic amines is 1. The predicted molar refractivity (Wildman–Crippen MR) is 120 cm³/mol. The van der Waals surface area contributed by atoms with Crippen LogP contribution >= 0.6 is 0 Å². The minimum absolute atomic E-state index is 0.333. The number of aryl methyl sites for hydroxylation is 2. The van der Waals surface area contributed by atoms with Gasteiger partial charge in [-0.2, -0.15) is 4.98 Å². The molecular weight excluding hydrogens is 420 g/mol. The molecule has 0 radical (unpaired) electrons. The Morgan fingerprint density at radius 3 is 2.52 bits per heavy atom. The second-order valence-corrected chi connectivity index (χ2v) is 8.85. The maximum absolute atomic E-state index is 11.6. The molecule has 4 rings (SSSR count). The summed E-state index contributed by atoms with van der Waals surface area (Å²) in [7, 11) is -3.40. The van der Waals surface area contributed by atoms with Crippen molar-refractivity contribution in [2.45, 2.75) is 13.8 Å². The lowest BCUT2D eigenvalue weighted by molar-refractivity contribution is 0.555. The maximum atomic E-state index is 11.6. The Hall–Kier alpha value is -3.86. The van der Waals surface area contributed by atoms with E-state index in [4.69, 9.17) is 4.42 Å². The van der Waals surface area contributed by atoms with Crippen LogP contribution in [-0.2, 0) is 10.0 Å². The molecule has 11 heteroatoms. The third-order valence-corrected chi connectivity index (χ3v) is 5.03. The molecule has 0 aliphatic rings. The van der Waals surface area contributed by atoms with Gasteiger partial charge in [0.15, 0.2) is 5.58 Å². The Bertz CT molecular complexity index is 1440. The zero-order chi connectivity index (χ0) is 22.2. The van der Waals surface area contributed by atoms with Crippen LogP contribution in [-0.4, -0.2) is 29.6 Å². The molecule has 0 fully saturated rings. The number of oxazole rings is 1. The van der Waals surface area contributed by atoms with Gasteiger partial charge in [0.05, 0.1) is 17.5 Å². The number of nitrogens with zero attached hydrogens (tertiary/aromatic N) is 2. The zero-order valence-electron chi connectivity index (χ0n) is 17.0. The van der Waals surface area contributed by atoms with E-state index in [1.807, 2.05) is 19.9 Å². The van der Waals surface area contributed by atoms with E-state index >= 15 is 0 Å². The Balaban J connectivity index is 1.59. The van der Waals surface area contributed by atoms with Crippen LogP contribution in [0.5, 0.6) is 0 Å². The van der Waals surface area contributed by atoms with Crippen LogP contribution in [0.4, 0.5) is 28.8 Å². The highest BCUT2D eigenvalue weighted by Gasteiger charge is 2.10. The fourth-order valence-electron chi connectivity index (χ4n) is 2.93. The molecule has 2 aromatic carbocycles. The van der Waals surface area contributed by atoms with Crippen LogP contribution in [0, 0.1) is 13.8 Å². The molecule has 0 unspecified atom stereocenters. The summed E-state index contributed by atoms with van der Waals surface area (Å²) in [5.41, 5.74) is 4.46. The number of fused-ring (bicyclic) bond motifs is 1. The molecule has 0 saturated carbocycles. The van der Waals surface area contributed by atoms with Gasteiger partial charge in [-0.25, -0.2) is 18.2 Å². The Morgan fingerprint density at radius 1 is 1.00 bits per heavy atom. The largest absolute Gasteiger partial charge is 0.417 e. The monoisotopic (exact) mass is 440 g/mol. The Labute approximate surface area is 177 Å². The standard InChI is InChI=1S/C20H20N6O4S/c1-11-4-5-14(8-15(11)26-31(3,28)29)23-19-21-10-12(2)18(25-19)22-13-6-7-17-16(9-13)24-20(27)30-17/h4-10,26H,1-3H3,(H,24,27)(H2,21,22,23,25). The van der Waals surface area contributed by atoms with Crippen LogP contribution in [0.2, 0.25) is 0 Å². The molecule has 31 heavy (non-hydrogen) atoms. The molecule has 0 amide bonds. The summed E-state index contributed by atoms with van der Waals surface area (Å²) < 4.78 is 30.6. The first kappa shape index (κ1) is 20.4. The van der Waals surface area contributed by atoms with Gasteiger partial charge < -0.3 is 15.1 Å². The summed E-state index contributed by atoms with van der Waals surface area (Å²) in [6.45, 7) is 3.68. The molecule has 160 valence electrons. The minimum atomic E-state index is -3.40. The van der Waals surface area contributed by atoms with E-state index in [9.17, 15) is 13.2 Å². The molecule has 4 aromatic rings. The summed E-state index contributed by atoms with van der Waals surface area (Å²) in [6.07, 6.45) is 2.77. The number of benzene rings is 2. The lowest BCUT2D eigenvalue weighted by atomic mass is 10.2. The van der Waals surface area contributed by atoms with Gasteiger partial charge in [-0.05, 0) is 49.7 Å². The average molecular weight is 440 g/mol. The second-order valence-electron chi connectivity index (χ2n) is 7.10. The molecule has 10 nitrogen and oxygen atoms in total. The van der Waals surface area contributed by atoms with E-state index < -0.39 is 15.8 Å². The first-order chi connectivity index (χ1) is 14.7. The van der Waals surface area contributed by atoms with Crippen molar-refractivity contribution in [3.05, 3.63) is 64.3 Å². The molecule has 0 aliphatic heterocycles. The van der Waals surface area contributed by atoms with Crippen molar-refractivity contribution in [1.82, 2.24) is 15.0 Å². The van der Waals surface area contributed by atoms with Gasteiger partial charge in [-0.3, -0.25) is 9.71 Å². The summed E-state index contributed by atoms with van der Waals surface area (Å²) in [5.74, 6) is 0.393. The number of rotatable bonds is 6. The van der Waals surface area contributed by atoms with E-state index in [0.29, 0.717) is 39.9 Å². The molecule has 2 aromatic heterocycles. The lowest BCUT2D eigenvalue weighted by Crippen LogP contribution is -2.11. The average Bonchev–Trinajstić information content (AvgIpc) is 3.05. The van der Waals surface area contributed by atoms with Gasteiger partial charge in [-0.1, -0.05) is 6.07 Å². The fourth-order valence-corrected chi connectivity index (χ4v) is 3.55. The van der Waals surface area contributed by atoms with Gasteiger partial charge in [0, 0.05) is 23.1 Å². The van der Waals surface area contributed by atoms with Crippen molar-refractivity contribution in [3.8, 4) is 0 Å². The highest BCUT2D eigenvalue weighted by molar-refractivity contribution is 7.92. The Kier molecular flexibility index (Phi) is 5.11. The van der Waals surface area contributed by atoms with Crippen molar-refractivity contribution in [2.75, 3.05) is 21.6 Å². The van der Waals surface area contributed by atoms with Crippen LogP contribution in [0.25, 0.3) is 11.1 Å². The maximum Gasteiger partial charge on any atom is 0.417 e. The number of hydrogen-bond acceptors (Lipinski definition) is 8. The van der Waals surface area contributed by atoms with Crippen molar-refractivity contribution >= 4 is 50.0 Å². The summed E-state index contributed by atoms with van der Waals surface area (Å²) >= 11 is 0. The first-order valence-corrected chi connectivity index (χ1v) is 11.1. The van der Waals surface area contributed by atoms with Gasteiger partial charge in [0.1, 0.15) is 5.82 Å². The van der Waals surface area contributed by atoms with Crippen molar-refractivity contribution in [1.29, 1.82) is 0 Å². The first-order valence-electron chi connectivity index (χ1n) is 9.25. The molecule has 2 heterocycles. The van der Waals surface area contributed by atoms with Crippen LogP contribution < -0.4 is 21.1 Å². The number of anilines is 5. The van der Waals surface area contributed by atoms with Crippen molar-refractivity contribution in [2.24, 2.45) is 0 Å². The number of nitrogens with one attached hydrogen (secondary N) is 4. The van der Waals surface area contributed by atoms with Crippen LogP contribution in [0.3, 0.4) is 0 Å². The molecule has 0 bridgehead atoms. The zero-order valence-corrected chi connectivity index (χ0v) is 17.8. The fraction of sp³-hybridized carbons (Fsp3) is 0.150. The van der Waals surface area contributed by atoms with E-state index in [-0.39, 0.29) is 0 Å². The number of aromatic nitrogens is 3. The topological polar surface area (TPSA) is 142 Å². The molecule has 4 N–H and O–H groups in total. The minimum Gasteiger partial charge on any atom is -0.408 e. The highest BCUT2D eigenvalue weighted by atomic mass is 32.2. The third-order valence-electron chi connectivity index (χ3n) is 4.44. The predicted octanol–water partition coefficient (Wildman–Crippen LogP) is 3.39.